The Hall–Kier alpha value is -2.59. The van der Waals surface area contributed by atoms with Gasteiger partial charge in [-0.2, -0.15) is 0 Å². The monoisotopic (exact) mass is 687 g/mol. The fourth-order valence-corrected chi connectivity index (χ4v) is 5.95. The molecule has 3 aromatic rings. The number of halogens is 6. The molecule has 228 valence electrons. The number of alkyl halides is 2. The maximum Gasteiger partial charge on any atom is 0.257 e. The summed E-state index contributed by atoms with van der Waals surface area (Å²) < 4.78 is 18.7. The molecule has 3 amide bonds. The van der Waals surface area contributed by atoms with Crippen molar-refractivity contribution >= 4 is 92.8 Å². The number of likely N-dealkylation sites (N-methyl/N-ethyl adjacent to an activating group) is 1. The molecule has 43 heavy (non-hydrogen) atoms. The highest BCUT2D eigenvalue weighted by atomic mass is 35.5. The molecule has 3 aromatic carbocycles. The van der Waals surface area contributed by atoms with Crippen LogP contribution in [0, 0.1) is 11.7 Å². The van der Waals surface area contributed by atoms with E-state index >= 15 is 0 Å². The molecule has 2 unspecified atom stereocenters. The summed E-state index contributed by atoms with van der Waals surface area (Å²) in [7, 11) is 1.41. The van der Waals surface area contributed by atoms with Gasteiger partial charge in [0, 0.05) is 34.4 Å². The Morgan fingerprint density at radius 2 is 1.53 bits per heavy atom. The van der Waals surface area contributed by atoms with Gasteiger partial charge < -0.3 is 20.3 Å². The van der Waals surface area contributed by atoms with Gasteiger partial charge in [-0.15, -0.1) is 23.2 Å². The third-order valence-electron chi connectivity index (χ3n) is 6.63. The molecule has 0 heterocycles. The minimum absolute atomic E-state index is 0.0327. The first-order valence-electron chi connectivity index (χ1n) is 12.9. The van der Waals surface area contributed by atoms with Crippen molar-refractivity contribution in [2.45, 2.75) is 36.6 Å². The van der Waals surface area contributed by atoms with Gasteiger partial charge in [-0.25, -0.2) is 4.39 Å². The van der Waals surface area contributed by atoms with Crippen LogP contribution in [-0.4, -0.2) is 41.3 Å². The standard InChI is InChI=1S/C30H27Cl5FN3O4/c1-29(2,3)43-14-24(40)39(4)23-13-19(6-8-22(23)36)37-27(41)20-12-18(5-7-21(20)33)38-28(42)26-25(30(26,34)35)15-9-16(31)11-17(32)10-15/h5-13,25-26H,14H2,1-4H3,(H,37,41)(H,38,42). The van der Waals surface area contributed by atoms with E-state index in [0.29, 0.717) is 15.6 Å². The van der Waals surface area contributed by atoms with Crippen LogP contribution in [-0.2, 0) is 14.3 Å². The molecule has 0 aliphatic heterocycles. The molecule has 1 aliphatic rings. The molecule has 0 spiro atoms. The van der Waals surface area contributed by atoms with Crippen molar-refractivity contribution in [3.63, 3.8) is 0 Å². The fraction of sp³-hybridized carbons (Fsp3) is 0.300. The molecule has 4 rings (SSSR count). The van der Waals surface area contributed by atoms with E-state index in [0.717, 1.165) is 11.0 Å². The zero-order valence-corrected chi connectivity index (χ0v) is 27.2. The summed E-state index contributed by atoms with van der Waals surface area (Å²) in [6.45, 7) is 5.14. The van der Waals surface area contributed by atoms with Crippen LogP contribution in [0.3, 0.4) is 0 Å². The number of benzene rings is 3. The molecule has 2 atom stereocenters. The van der Waals surface area contributed by atoms with E-state index in [9.17, 15) is 18.8 Å². The highest BCUT2D eigenvalue weighted by molar-refractivity contribution is 6.53. The van der Waals surface area contributed by atoms with E-state index < -0.39 is 45.3 Å². The van der Waals surface area contributed by atoms with Crippen molar-refractivity contribution in [1.82, 2.24) is 0 Å². The summed E-state index contributed by atoms with van der Waals surface area (Å²) in [6, 6.07) is 13.0. The van der Waals surface area contributed by atoms with Gasteiger partial charge in [-0.1, -0.05) is 34.8 Å². The number of nitrogens with zero attached hydrogens (tertiary/aromatic N) is 1. The number of carbonyl (C=O) groups is 3. The van der Waals surface area contributed by atoms with Crippen LogP contribution in [0.1, 0.15) is 42.6 Å². The first kappa shape index (κ1) is 33.3. The summed E-state index contributed by atoms with van der Waals surface area (Å²) in [5, 5.41) is 6.23. The Kier molecular flexibility index (Phi) is 9.91. The Morgan fingerprint density at radius 3 is 2.16 bits per heavy atom. The third kappa shape index (κ3) is 7.93. The molecule has 7 nitrogen and oxygen atoms in total. The number of carbonyl (C=O) groups excluding carboxylic acids is 3. The van der Waals surface area contributed by atoms with Crippen LogP contribution in [0.5, 0.6) is 0 Å². The van der Waals surface area contributed by atoms with Gasteiger partial charge in [0.15, 0.2) is 0 Å². The molecule has 1 aliphatic carbocycles. The number of anilines is 3. The molecule has 1 saturated carbocycles. The molecular weight excluding hydrogens is 663 g/mol. The minimum Gasteiger partial charge on any atom is -0.366 e. The largest absolute Gasteiger partial charge is 0.366 e. The SMILES string of the molecule is CN(C(=O)COC(C)(C)C)c1cc(NC(=O)c2cc(NC(=O)C3C(c4cc(Cl)cc(Cl)c4)C3(Cl)Cl)ccc2Cl)ccc1F. The second-order valence-electron chi connectivity index (χ2n) is 11.0. The van der Waals surface area contributed by atoms with E-state index in [1.807, 2.05) is 0 Å². The van der Waals surface area contributed by atoms with Crippen LogP contribution < -0.4 is 15.5 Å². The molecule has 0 radical (unpaired) electrons. The Bertz CT molecular complexity index is 1570. The smallest absolute Gasteiger partial charge is 0.257 e. The molecule has 13 heteroatoms. The van der Waals surface area contributed by atoms with E-state index in [4.69, 9.17) is 62.7 Å². The van der Waals surface area contributed by atoms with Gasteiger partial charge in [0.2, 0.25) is 5.91 Å². The first-order chi connectivity index (χ1) is 20.0. The lowest BCUT2D eigenvalue weighted by atomic mass is 10.1. The maximum atomic E-state index is 14.6. The molecule has 1 fully saturated rings. The van der Waals surface area contributed by atoms with Gasteiger partial charge >= 0.3 is 0 Å². The van der Waals surface area contributed by atoms with E-state index in [1.165, 1.54) is 37.4 Å². The number of amides is 3. The maximum absolute atomic E-state index is 14.6. The van der Waals surface area contributed by atoms with Crippen molar-refractivity contribution in [3.8, 4) is 0 Å². The summed E-state index contributed by atoms with van der Waals surface area (Å²) >= 11 is 31.4. The van der Waals surface area contributed by atoms with Gasteiger partial charge in [0.25, 0.3) is 11.8 Å². The van der Waals surface area contributed by atoms with Crippen molar-refractivity contribution in [3.05, 3.63) is 86.6 Å². The number of hydrogen-bond donors (Lipinski definition) is 2. The van der Waals surface area contributed by atoms with Gasteiger partial charge in [0.1, 0.15) is 16.8 Å². The molecular formula is C30H27Cl5FN3O4. The second kappa shape index (κ2) is 12.8. The lowest BCUT2D eigenvalue weighted by molar-refractivity contribution is -0.127. The van der Waals surface area contributed by atoms with E-state index in [1.54, 1.807) is 39.0 Å². The summed E-state index contributed by atoms with van der Waals surface area (Å²) in [5.41, 5.74) is 0.510. The highest BCUT2D eigenvalue weighted by Gasteiger charge is 2.67. The Labute approximate surface area is 273 Å². The minimum atomic E-state index is -1.39. The topological polar surface area (TPSA) is 87.7 Å². The van der Waals surface area contributed by atoms with Crippen molar-refractivity contribution < 1.29 is 23.5 Å². The van der Waals surface area contributed by atoms with Gasteiger partial charge in [-0.05, 0) is 80.9 Å². The summed E-state index contributed by atoms with van der Waals surface area (Å²) in [4.78, 5) is 40.0. The normalized spacial score (nSPS) is 17.3. The summed E-state index contributed by atoms with van der Waals surface area (Å²) in [6.07, 6.45) is 0. The highest BCUT2D eigenvalue weighted by Crippen LogP contribution is 2.65. The first-order valence-corrected chi connectivity index (χ1v) is 14.8. The average Bonchev–Trinajstić information content (AvgIpc) is 3.49. The van der Waals surface area contributed by atoms with Crippen LogP contribution in [0.25, 0.3) is 0 Å². The Balaban J connectivity index is 1.47. The van der Waals surface area contributed by atoms with Crippen LogP contribution >= 0.6 is 58.0 Å². The lowest BCUT2D eigenvalue weighted by Gasteiger charge is -2.23. The van der Waals surface area contributed by atoms with Gasteiger partial charge in [-0.3, -0.25) is 14.4 Å². The zero-order valence-electron chi connectivity index (χ0n) is 23.4. The summed E-state index contributed by atoms with van der Waals surface area (Å²) in [5.74, 6) is -3.63. The number of nitrogens with one attached hydrogen (secondary N) is 2. The van der Waals surface area contributed by atoms with Crippen molar-refractivity contribution in [2.75, 3.05) is 29.2 Å². The van der Waals surface area contributed by atoms with E-state index in [2.05, 4.69) is 10.6 Å². The quantitative estimate of drug-likeness (QED) is 0.233. The molecule has 2 N–H and O–H groups in total. The number of rotatable bonds is 8. The van der Waals surface area contributed by atoms with Crippen LogP contribution in [0.2, 0.25) is 15.1 Å². The van der Waals surface area contributed by atoms with E-state index in [-0.39, 0.29) is 34.3 Å². The Morgan fingerprint density at radius 1 is 0.930 bits per heavy atom. The van der Waals surface area contributed by atoms with Crippen LogP contribution in [0.4, 0.5) is 21.5 Å². The van der Waals surface area contributed by atoms with Crippen LogP contribution in [0.15, 0.2) is 54.6 Å². The van der Waals surface area contributed by atoms with Crippen molar-refractivity contribution in [2.24, 2.45) is 5.92 Å². The fourth-order valence-electron chi connectivity index (χ4n) is 4.37. The predicted molar refractivity (Wildman–Crippen MR) is 171 cm³/mol. The molecule has 0 aromatic heterocycles. The zero-order chi connectivity index (χ0) is 31.9. The number of hydrogen-bond acceptors (Lipinski definition) is 4. The third-order valence-corrected chi connectivity index (χ3v) is 8.33. The second-order valence-corrected chi connectivity index (χ2v) is 13.7. The molecule has 0 bridgehead atoms. The predicted octanol–water partition coefficient (Wildman–Crippen LogP) is 8.34. The molecule has 0 saturated heterocycles. The lowest BCUT2D eigenvalue weighted by Crippen LogP contribution is -2.34. The van der Waals surface area contributed by atoms with Gasteiger partial charge in [0.05, 0.1) is 27.8 Å². The number of ether oxygens (including phenoxy) is 1. The van der Waals surface area contributed by atoms with Crippen molar-refractivity contribution in [1.29, 1.82) is 0 Å². The average molecular weight is 690 g/mol.